The molecule has 2 aliphatic heterocycles. The minimum Gasteiger partial charge on any atom is -0.487 e. The smallest absolute Gasteiger partial charge is 0.304 e. The zero-order valence-electron chi connectivity index (χ0n) is 22.9. The first-order valence-corrected chi connectivity index (χ1v) is 13.3. The zero-order chi connectivity index (χ0) is 27.0. The first-order valence-electron chi connectivity index (χ1n) is 13.3. The second kappa shape index (κ2) is 10.6. The van der Waals surface area contributed by atoms with Crippen molar-refractivity contribution in [1.29, 1.82) is 0 Å². The van der Waals surface area contributed by atoms with E-state index in [2.05, 4.69) is 66.4 Å². The molecule has 0 saturated carbocycles. The largest absolute Gasteiger partial charge is 0.487 e. The lowest BCUT2D eigenvalue weighted by Gasteiger charge is -2.25. The van der Waals surface area contributed by atoms with Gasteiger partial charge in [0, 0.05) is 45.8 Å². The highest BCUT2D eigenvalue weighted by molar-refractivity contribution is 5.78. The molecule has 0 saturated heterocycles. The van der Waals surface area contributed by atoms with Gasteiger partial charge in [-0.2, -0.15) is 0 Å². The summed E-state index contributed by atoms with van der Waals surface area (Å²) < 4.78 is 6.25. The fourth-order valence-electron chi connectivity index (χ4n) is 5.56. The van der Waals surface area contributed by atoms with Crippen molar-refractivity contribution in [1.82, 2.24) is 15.0 Å². The number of benzene rings is 2. The van der Waals surface area contributed by atoms with Crippen molar-refractivity contribution in [2.45, 2.75) is 58.7 Å². The first kappa shape index (κ1) is 26.0. The van der Waals surface area contributed by atoms with Crippen LogP contribution >= 0.6 is 0 Å². The summed E-state index contributed by atoms with van der Waals surface area (Å²) in [5.74, 6) is -0.198. The number of nitrogens with one attached hydrogen (secondary N) is 1. The molecule has 8 heteroatoms. The molecule has 0 bridgehead atoms. The van der Waals surface area contributed by atoms with Crippen LogP contribution < -0.4 is 15.2 Å². The van der Waals surface area contributed by atoms with Gasteiger partial charge < -0.3 is 9.84 Å². The summed E-state index contributed by atoms with van der Waals surface area (Å²) in [6, 6.07) is 14.5. The molecule has 0 amide bonds. The van der Waals surface area contributed by atoms with Crippen LogP contribution in [0.1, 0.15) is 59.2 Å². The number of pyridine rings is 1. The number of aliphatic carboxylic acids is 1. The van der Waals surface area contributed by atoms with Crippen molar-refractivity contribution < 1.29 is 14.6 Å². The van der Waals surface area contributed by atoms with Crippen LogP contribution in [0.15, 0.2) is 48.7 Å². The van der Waals surface area contributed by atoms with Crippen LogP contribution in [0.5, 0.6) is 5.75 Å². The van der Waals surface area contributed by atoms with Crippen LogP contribution in [-0.2, 0) is 17.9 Å². The molecule has 5 rings (SSSR count). The molecule has 38 heavy (non-hydrogen) atoms. The number of ether oxygens (including phenoxy) is 1. The number of carbonyl (C=O) groups is 1. The highest BCUT2D eigenvalue weighted by Crippen LogP contribution is 2.41. The van der Waals surface area contributed by atoms with E-state index in [4.69, 9.17) is 4.74 Å². The van der Waals surface area contributed by atoms with E-state index < -0.39 is 5.97 Å². The molecule has 0 fully saturated rings. The molecule has 2 aliphatic rings. The van der Waals surface area contributed by atoms with Gasteiger partial charge in [-0.3, -0.25) is 25.1 Å². The predicted octanol–water partition coefficient (Wildman–Crippen LogP) is 5.10. The van der Waals surface area contributed by atoms with Gasteiger partial charge in [-0.15, -0.1) is 5.12 Å². The molecule has 200 valence electrons. The Morgan fingerprint density at radius 2 is 2.03 bits per heavy atom. The van der Waals surface area contributed by atoms with E-state index in [1.807, 2.05) is 42.6 Å². The van der Waals surface area contributed by atoms with Crippen molar-refractivity contribution in [3.05, 3.63) is 82.2 Å². The molecule has 2 aromatic carbocycles. The topological polar surface area (TPSA) is 81.2 Å². The van der Waals surface area contributed by atoms with E-state index in [0.717, 1.165) is 59.0 Å². The number of carboxylic acids is 1. The van der Waals surface area contributed by atoms with E-state index in [0.29, 0.717) is 6.54 Å². The van der Waals surface area contributed by atoms with Gasteiger partial charge in [-0.25, -0.2) is 0 Å². The normalized spacial score (nSPS) is 18.2. The number of fused-ring (bicyclic) bond motifs is 2. The third kappa shape index (κ3) is 5.06. The summed E-state index contributed by atoms with van der Waals surface area (Å²) in [6.07, 6.45) is 2.86. The molecule has 2 N–H and O–H groups in total. The standard InChI is InChI=1S/C30H37N5O3/c1-6-23-17-35(18-26-28(38-23)8-7-13-31-26)16-22-14-21(10-9-19(22)2)25(15-29(36)37)24-11-12-27-30(20(24)3)32-34(5)33(27)4/h7-14,23,25,32H,6,15-18H2,1-5H3,(H,36,37)/t23-,25-/m1/s1. The van der Waals surface area contributed by atoms with Crippen molar-refractivity contribution in [2.75, 3.05) is 31.1 Å². The van der Waals surface area contributed by atoms with Crippen molar-refractivity contribution in [2.24, 2.45) is 0 Å². The second-order valence-corrected chi connectivity index (χ2v) is 10.4. The van der Waals surface area contributed by atoms with Gasteiger partial charge in [0.05, 0.1) is 23.5 Å². The van der Waals surface area contributed by atoms with Gasteiger partial charge >= 0.3 is 5.97 Å². The maximum atomic E-state index is 12.0. The Morgan fingerprint density at radius 1 is 1.21 bits per heavy atom. The lowest BCUT2D eigenvalue weighted by Crippen LogP contribution is -2.34. The number of rotatable bonds is 7. The quantitative estimate of drug-likeness (QED) is 0.450. The van der Waals surface area contributed by atoms with Gasteiger partial charge in [0.1, 0.15) is 11.9 Å². The number of anilines is 2. The Hall–Kier alpha value is -3.62. The maximum absolute atomic E-state index is 12.0. The highest BCUT2D eigenvalue weighted by Gasteiger charge is 2.28. The molecule has 0 radical (unpaired) electrons. The molecule has 2 atom stereocenters. The van der Waals surface area contributed by atoms with E-state index in [1.54, 1.807) is 0 Å². The molecule has 3 aromatic rings. The molecule has 0 spiro atoms. The summed E-state index contributed by atoms with van der Waals surface area (Å²) >= 11 is 0. The van der Waals surface area contributed by atoms with Crippen LogP contribution in [0.2, 0.25) is 0 Å². The molecule has 1 aromatic heterocycles. The fourth-order valence-corrected chi connectivity index (χ4v) is 5.56. The van der Waals surface area contributed by atoms with Crippen LogP contribution in [0.3, 0.4) is 0 Å². The SMILES string of the molecule is CC[C@@H]1CN(Cc2cc([C@@H](CC(=O)O)c3ccc4c(c3C)NN(C)N4C)ccc2C)Cc2ncccc2O1. The van der Waals surface area contributed by atoms with Gasteiger partial charge in [0.2, 0.25) is 0 Å². The number of carboxylic acid groups (broad SMARTS) is 1. The first-order chi connectivity index (χ1) is 18.2. The van der Waals surface area contributed by atoms with E-state index in [-0.39, 0.29) is 18.4 Å². The number of hydrazine groups is 2. The zero-order valence-corrected chi connectivity index (χ0v) is 22.9. The van der Waals surface area contributed by atoms with E-state index in [9.17, 15) is 9.90 Å². The van der Waals surface area contributed by atoms with Crippen molar-refractivity contribution in [3.8, 4) is 5.75 Å². The number of hydrogen-bond acceptors (Lipinski definition) is 7. The van der Waals surface area contributed by atoms with Gasteiger partial charge in [-0.05, 0) is 66.3 Å². The number of aromatic nitrogens is 1. The van der Waals surface area contributed by atoms with E-state index >= 15 is 0 Å². The Labute approximate surface area is 224 Å². The van der Waals surface area contributed by atoms with Gasteiger partial charge in [0.15, 0.2) is 0 Å². The van der Waals surface area contributed by atoms with Crippen LogP contribution in [0.25, 0.3) is 0 Å². The summed E-state index contributed by atoms with van der Waals surface area (Å²) in [4.78, 5) is 19.0. The van der Waals surface area contributed by atoms with Crippen molar-refractivity contribution >= 4 is 17.3 Å². The van der Waals surface area contributed by atoms with Gasteiger partial charge in [-0.1, -0.05) is 31.2 Å². The Morgan fingerprint density at radius 3 is 2.79 bits per heavy atom. The van der Waals surface area contributed by atoms with Crippen LogP contribution in [0, 0.1) is 13.8 Å². The highest BCUT2D eigenvalue weighted by atomic mass is 16.5. The molecule has 8 nitrogen and oxygen atoms in total. The van der Waals surface area contributed by atoms with Crippen molar-refractivity contribution in [3.63, 3.8) is 0 Å². The van der Waals surface area contributed by atoms with Crippen LogP contribution in [0.4, 0.5) is 11.4 Å². The fraction of sp³-hybridized carbons (Fsp3) is 0.400. The minimum absolute atomic E-state index is 0.0283. The van der Waals surface area contributed by atoms with E-state index in [1.165, 1.54) is 11.1 Å². The second-order valence-electron chi connectivity index (χ2n) is 10.4. The predicted molar refractivity (Wildman–Crippen MR) is 149 cm³/mol. The number of nitrogens with zero attached hydrogens (tertiary/aromatic N) is 4. The van der Waals surface area contributed by atoms with Crippen LogP contribution in [-0.4, -0.2) is 52.8 Å². The Balaban J connectivity index is 1.48. The monoisotopic (exact) mass is 515 g/mol. The number of hydrogen-bond donors (Lipinski definition) is 2. The summed E-state index contributed by atoms with van der Waals surface area (Å²) in [7, 11) is 3.97. The number of aryl methyl sites for hydroxylation is 1. The molecule has 0 aliphatic carbocycles. The average molecular weight is 516 g/mol. The lowest BCUT2D eigenvalue weighted by molar-refractivity contribution is -0.137. The molecule has 0 unspecified atom stereocenters. The third-order valence-corrected chi connectivity index (χ3v) is 7.91. The lowest BCUT2D eigenvalue weighted by atomic mass is 9.84. The minimum atomic E-state index is -0.808. The maximum Gasteiger partial charge on any atom is 0.304 e. The summed E-state index contributed by atoms with van der Waals surface area (Å²) in [5.41, 5.74) is 12.0. The molecule has 3 heterocycles. The third-order valence-electron chi connectivity index (χ3n) is 7.91. The van der Waals surface area contributed by atoms with Gasteiger partial charge in [0.25, 0.3) is 0 Å². The summed E-state index contributed by atoms with van der Waals surface area (Å²) in [6.45, 7) is 8.62. The summed E-state index contributed by atoms with van der Waals surface area (Å²) in [5, 5.41) is 13.9. The molecular formula is C30H37N5O3. The Kier molecular flexibility index (Phi) is 7.27. The molecular weight excluding hydrogens is 478 g/mol. The Bertz CT molecular complexity index is 1340. The average Bonchev–Trinajstić information content (AvgIpc) is 3.07.